The number of Topliss-reactive ketones (excluding diaryl/α,β-unsaturated/α-hetero) is 1. The number of hydrogen-bond acceptors (Lipinski definition) is 9. The summed E-state index contributed by atoms with van der Waals surface area (Å²) in [6, 6.07) is 5.66. The van der Waals surface area contributed by atoms with Gasteiger partial charge in [0.2, 0.25) is 0 Å². The molecule has 1 aromatic carbocycles. The van der Waals surface area contributed by atoms with E-state index in [9.17, 15) is 14.9 Å². The maximum atomic E-state index is 12.6. The normalized spacial score (nSPS) is 13.6. The molecule has 11 heteroatoms. The second-order valence-electron chi connectivity index (χ2n) is 7.15. The number of thioether (sulfide) groups is 2. The molecule has 0 N–H and O–H groups in total. The Balaban J connectivity index is 1.47. The molecule has 0 unspecified atom stereocenters. The third-order valence-corrected chi connectivity index (χ3v) is 8.07. The fourth-order valence-electron chi connectivity index (χ4n) is 3.81. The van der Waals surface area contributed by atoms with Crippen LogP contribution in [0.5, 0.6) is 0 Å². The lowest BCUT2D eigenvalue weighted by atomic mass is 9.97. The molecule has 0 saturated heterocycles. The Morgan fingerprint density at radius 3 is 2.71 bits per heavy atom. The lowest BCUT2D eigenvalue weighted by Gasteiger charge is -2.10. The van der Waals surface area contributed by atoms with Crippen LogP contribution < -0.4 is 0 Å². The van der Waals surface area contributed by atoms with Gasteiger partial charge in [-0.2, -0.15) is 0 Å². The number of fused-ring (bicyclic) bond motifs is 5. The number of carbonyl (C=O) groups is 1. The van der Waals surface area contributed by atoms with Gasteiger partial charge in [0.05, 0.1) is 16.1 Å². The largest absolute Gasteiger partial charge is 0.293 e. The number of nitrogens with zero attached hydrogens (tertiary/aromatic N) is 5. The third-order valence-electron chi connectivity index (χ3n) is 5.31. The van der Waals surface area contributed by atoms with Crippen LogP contribution >= 0.6 is 34.9 Å². The topological polar surface area (TPSA) is 103 Å². The molecule has 0 atom stereocenters. The predicted octanol–water partition coefficient (Wildman–Crippen LogP) is 4.82. The van der Waals surface area contributed by atoms with Crippen molar-refractivity contribution in [2.24, 2.45) is 0 Å². The number of benzene rings is 1. The van der Waals surface area contributed by atoms with E-state index in [1.165, 1.54) is 71.1 Å². The van der Waals surface area contributed by atoms with Crippen molar-refractivity contribution in [1.82, 2.24) is 19.6 Å². The van der Waals surface area contributed by atoms with Crippen LogP contribution in [0.1, 0.15) is 33.6 Å². The maximum Gasteiger partial charge on any atom is 0.269 e. The van der Waals surface area contributed by atoms with Crippen molar-refractivity contribution in [3.8, 4) is 0 Å². The molecule has 0 saturated carbocycles. The van der Waals surface area contributed by atoms with Crippen LogP contribution in [-0.4, -0.2) is 42.3 Å². The first-order valence-electron chi connectivity index (χ1n) is 9.70. The lowest BCUT2D eigenvalue weighted by molar-refractivity contribution is -0.384. The Bertz CT molecular complexity index is 1330. The molecule has 5 rings (SSSR count). The molecule has 0 amide bonds. The highest BCUT2D eigenvalue weighted by atomic mass is 32.2. The Kier molecular flexibility index (Phi) is 5.40. The van der Waals surface area contributed by atoms with E-state index >= 15 is 0 Å². The summed E-state index contributed by atoms with van der Waals surface area (Å²) < 4.78 is 1.95. The van der Waals surface area contributed by atoms with Gasteiger partial charge in [-0.3, -0.25) is 14.9 Å². The number of hydrogen-bond donors (Lipinski definition) is 0. The van der Waals surface area contributed by atoms with Crippen molar-refractivity contribution in [3.05, 3.63) is 50.4 Å². The molecule has 0 bridgehead atoms. The molecule has 3 aromatic heterocycles. The summed E-state index contributed by atoms with van der Waals surface area (Å²) in [6.07, 6.45) is 6.49. The zero-order valence-electron chi connectivity index (χ0n) is 16.5. The summed E-state index contributed by atoms with van der Waals surface area (Å²) in [5, 5.41) is 22.2. The fraction of sp³-hybridized carbons (Fsp3) is 0.300. The first-order chi connectivity index (χ1) is 15.1. The number of non-ortho nitro benzene ring substituents is 1. The van der Waals surface area contributed by atoms with E-state index in [2.05, 4.69) is 10.2 Å². The highest BCUT2D eigenvalue weighted by Gasteiger charge is 2.23. The van der Waals surface area contributed by atoms with Crippen molar-refractivity contribution in [1.29, 1.82) is 0 Å². The molecule has 1 aliphatic carbocycles. The minimum absolute atomic E-state index is 0.0357. The molecule has 0 spiro atoms. The van der Waals surface area contributed by atoms with Gasteiger partial charge in [-0.25, -0.2) is 9.38 Å². The van der Waals surface area contributed by atoms with Crippen LogP contribution in [0.4, 0.5) is 5.69 Å². The number of nitro groups is 1. The number of aryl methyl sites for hydroxylation is 2. The molecule has 0 fully saturated rings. The molecular formula is C20H17N5O3S3. The maximum absolute atomic E-state index is 12.6. The number of rotatable bonds is 6. The second kappa shape index (κ2) is 8.21. The first kappa shape index (κ1) is 20.4. The molecular weight excluding hydrogens is 454 g/mol. The minimum atomic E-state index is -0.480. The summed E-state index contributed by atoms with van der Waals surface area (Å²) in [5.74, 6) is 0.0379. The van der Waals surface area contributed by atoms with Gasteiger partial charge < -0.3 is 0 Å². The third kappa shape index (κ3) is 3.60. The number of carbonyl (C=O) groups excluding carboxylic acids is 1. The van der Waals surface area contributed by atoms with Gasteiger partial charge in [0, 0.05) is 22.6 Å². The van der Waals surface area contributed by atoms with Gasteiger partial charge in [0.15, 0.2) is 21.7 Å². The van der Waals surface area contributed by atoms with E-state index < -0.39 is 4.92 Å². The van der Waals surface area contributed by atoms with Crippen LogP contribution in [0.3, 0.4) is 0 Å². The summed E-state index contributed by atoms with van der Waals surface area (Å²) in [7, 11) is 0. The van der Waals surface area contributed by atoms with Crippen molar-refractivity contribution in [3.63, 3.8) is 0 Å². The summed E-state index contributed by atoms with van der Waals surface area (Å²) in [5.41, 5.74) is 2.55. The zero-order chi connectivity index (χ0) is 21.5. The zero-order valence-corrected chi connectivity index (χ0v) is 19.0. The van der Waals surface area contributed by atoms with Gasteiger partial charge in [-0.05, 0) is 49.6 Å². The molecule has 31 heavy (non-hydrogen) atoms. The van der Waals surface area contributed by atoms with Gasteiger partial charge in [0.25, 0.3) is 5.69 Å². The molecule has 3 heterocycles. The van der Waals surface area contributed by atoms with E-state index in [0.717, 1.165) is 33.9 Å². The van der Waals surface area contributed by atoms with Crippen molar-refractivity contribution >= 4 is 62.2 Å². The summed E-state index contributed by atoms with van der Waals surface area (Å²) >= 11 is 4.59. The van der Waals surface area contributed by atoms with E-state index in [0.29, 0.717) is 10.7 Å². The smallest absolute Gasteiger partial charge is 0.269 e. The number of ketones is 1. The van der Waals surface area contributed by atoms with Crippen LogP contribution in [0.15, 0.2) is 34.6 Å². The van der Waals surface area contributed by atoms with E-state index in [1.807, 2.05) is 10.7 Å². The van der Waals surface area contributed by atoms with Crippen molar-refractivity contribution in [2.75, 3.05) is 12.0 Å². The highest BCUT2D eigenvalue weighted by Crippen LogP contribution is 2.39. The molecule has 1 aliphatic rings. The first-order valence-corrected chi connectivity index (χ1v) is 12.7. The van der Waals surface area contributed by atoms with E-state index in [4.69, 9.17) is 4.98 Å². The molecule has 0 radical (unpaired) electrons. The monoisotopic (exact) mass is 471 g/mol. The molecule has 158 valence electrons. The van der Waals surface area contributed by atoms with Crippen LogP contribution in [0.2, 0.25) is 0 Å². The van der Waals surface area contributed by atoms with Gasteiger partial charge in [-0.15, -0.1) is 21.5 Å². The molecule has 8 nitrogen and oxygen atoms in total. The Labute approximate surface area is 189 Å². The Morgan fingerprint density at radius 2 is 1.97 bits per heavy atom. The number of nitro benzene ring substituents is 1. The van der Waals surface area contributed by atoms with Gasteiger partial charge in [0.1, 0.15) is 4.83 Å². The lowest BCUT2D eigenvalue weighted by Crippen LogP contribution is -2.04. The van der Waals surface area contributed by atoms with Crippen molar-refractivity contribution in [2.45, 2.75) is 36.0 Å². The standard InChI is InChI=1S/C20H17N5O3S3/c1-29-19-21-18-16(13-4-2-3-5-15(13)31-18)17-22-23-20(24(17)19)30-10-14(26)11-6-8-12(9-7-11)25(27)28/h6-9H,2-5,10H2,1H3. The number of aromatic nitrogens is 4. The predicted molar refractivity (Wildman–Crippen MR) is 123 cm³/mol. The number of thiophene rings is 1. The van der Waals surface area contributed by atoms with E-state index in [-0.39, 0.29) is 17.2 Å². The average Bonchev–Trinajstić information content (AvgIpc) is 3.37. The van der Waals surface area contributed by atoms with Gasteiger partial charge >= 0.3 is 0 Å². The van der Waals surface area contributed by atoms with Crippen LogP contribution in [-0.2, 0) is 12.8 Å². The average molecular weight is 472 g/mol. The summed E-state index contributed by atoms with van der Waals surface area (Å²) in [6.45, 7) is 0. The van der Waals surface area contributed by atoms with Crippen molar-refractivity contribution < 1.29 is 9.72 Å². The fourth-order valence-corrected chi connectivity index (χ4v) is 6.55. The highest BCUT2D eigenvalue weighted by molar-refractivity contribution is 8.00. The second-order valence-corrected chi connectivity index (χ2v) is 9.95. The molecule has 4 aromatic rings. The minimum Gasteiger partial charge on any atom is -0.293 e. The Morgan fingerprint density at radius 1 is 1.19 bits per heavy atom. The van der Waals surface area contributed by atoms with E-state index in [1.54, 1.807) is 11.3 Å². The quantitative estimate of drug-likeness (QED) is 0.130. The molecule has 0 aliphatic heterocycles. The Hall–Kier alpha value is -2.50. The SMILES string of the molecule is CSc1nc2sc3c(c2c2nnc(SCC(=O)c4ccc([N+](=O)[O-])cc4)n12)CCCC3. The van der Waals surface area contributed by atoms with Gasteiger partial charge in [-0.1, -0.05) is 23.5 Å². The van der Waals surface area contributed by atoms with Crippen LogP contribution in [0.25, 0.3) is 15.9 Å². The summed E-state index contributed by atoms with van der Waals surface area (Å²) in [4.78, 5) is 30.2. The van der Waals surface area contributed by atoms with Crippen LogP contribution in [0, 0.1) is 10.1 Å².